The van der Waals surface area contributed by atoms with E-state index >= 15 is 0 Å². The molecule has 0 fully saturated rings. The Balaban J connectivity index is 1.45. The molecule has 30 heavy (non-hydrogen) atoms. The minimum Gasteiger partial charge on any atom is -0.481 e. The maximum atomic E-state index is 13.0. The molecule has 0 aromatic heterocycles. The summed E-state index contributed by atoms with van der Waals surface area (Å²) in [6.45, 7) is 1.53. The molecule has 7 heteroatoms. The van der Waals surface area contributed by atoms with Crippen LogP contribution in [0.2, 0.25) is 0 Å². The minimum atomic E-state index is -0.898. The van der Waals surface area contributed by atoms with E-state index in [0.29, 0.717) is 28.4 Å². The first-order valence-corrected chi connectivity index (χ1v) is 9.40. The van der Waals surface area contributed by atoms with Crippen LogP contribution in [-0.4, -0.2) is 17.9 Å². The lowest BCUT2D eigenvalue weighted by atomic mass is 9.87. The van der Waals surface area contributed by atoms with Crippen molar-refractivity contribution in [1.82, 2.24) is 10.9 Å². The second-order valence-electron chi connectivity index (χ2n) is 6.80. The summed E-state index contributed by atoms with van der Waals surface area (Å²) < 4.78 is 24.3. The highest BCUT2D eigenvalue weighted by Gasteiger charge is 2.32. The van der Waals surface area contributed by atoms with Gasteiger partial charge in [-0.3, -0.25) is 20.4 Å². The quantitative estimate of drug-likeness (QED) is 0.648. The fourth-order valence-electron chi connectivity index (χ4n) is 3.26. The van der Waals surface area contributed by atoms with E-state index in [4.69, 9.17) is 9.47 Å². The van der Waals surface area contributed by atoms with Gasteiger partial charge in [-0.1, -0.05) is 36.4 Å². The molecule has 152 valence electrons. The molecule has 0 saturated heterocycles. The highest BCUT2D eigenvalue weighted by atomic mass is 19.1. The number of nitrogens with one attached hydrogen (secondary N) is 2. The van der Waals surface area contributed by atoms with Gasteiger partial charge >= 0.3 is 0 Å². The third-order valence-electron chi connectivity index (χ3n) is 4.75. The van der Waals surface area contributed by atoms with Crippen molar-refractivity contribution in [2.75, 3.05) is 0 Å². The molecule has 0 saturated carbocycles. The van der Waals surface area contributed by atoms with Crippen LogP contribution in [0.1, 0.15) is 24.0 Å². The number of halogens is 1. The first-order valence-electron chi connectivity index (χ1n) is 9.40. The van der Waals surface area contributed by atoms with Gasteiger partial charge < -0.3 is 9.47 Å². The van der Waals surface area contributed by atoms with E-state index in [-0.39, 0.29) is 0 Å². The number of benzene rings is 3. The zero-order valence-electron chi connectivity index (χ0n) is 16.1. The highest BCUT2D eigenvalue weighted by Crippen LogP contribution is 2.43. The minimum absolute atomic E-state index is 0.345. The number of ether oxygens (including phenoxy) is 2. The summed E-state index contributed by atoms with van der Waals surface area (Å²) in [6, 6.07) is 19.9. The number of hydrogen-bond donors (Lipinski definition) is 2. The van der Waals surface area contributed by atoms with Crippen LogP contribution < -0.4 is 20.3 Å². The number of amides is 2. The molecular weight excluding hydrogens is 387 g/mol. The first-order chi connectivity index (χ1) is 14.5. The summed E-state index contributed by atoms with van der Waals surface area (Å²) in [6.07, 6.45) is -0.898. The van der Waals surface area contributed by atoms with Gasteiger partial charge in [0.15, 0.2) is 6.10 Å². The molecule has 1 atom stereocenters. The van der Waals surface area contributed by atoms with E-state index in [1.165, 1.54) is 31.2 Å². The average Bonchev–Trinajstić information content (AvgIpc) is 2.77. The molecule has 1 heterocycles. The Hall–Kier alpha value is -3.87. The molecule has 0 spiro atoms. The van der Waals surface area contributed by atoms with Gasteiger partial charge in [0.05, 0.1) is 5.92 Å². The molecule has 2 amide bonds. The largest absolute Gasteiger partial charge is 0.481 e. The molecule has 3 aromatic carbocycles. The van der Waals surface area contributed by atoms with Crippen LogP contribution in [0, 0.1) is 5.82 Å². The molecule has 0 radical (unpaired) electrons. The van der Waals surface area contributed by atoms with E-state index < -0.39 is 29.7 Å². The van der Waals surface area contributed by atoms with E-state index in [1.807, 2.05) is 36.4 Å². The Morgan fingerprint density at radius 3 is 2.07 bits per heavy atom. The zero-order chi connectivity index (χ0) is 21.1. The monoisotopic (exact) mass is 406 g/mol. The molecule has 4 rings (SSSR count). The molecule has 3 aromatic rings. The Morgan fingerprint density at radius 2 is 1.47 bits per heavy atom. The predicted octanol–water partition coefficient (Wildman–Crippen LogP) is 3.68. The molecule has 1 aliphatic rings. The maximum absolute atomic E-state index is 13.0. The van der Waals surface area contributed by atoms with Crippen LogP contribution in [0.25, 0.3) is 0 Å². The lowest BCUT2D eigenvalue weighted by Crippen LogP contribution is -2.49. The second-order valence-corrected chi connectivity index (χ2v) is 6.80. The van der Waals surface area contributed by atoms with Crippen molar-refractivity contribution in [3.8, 4) is 17.2 Å². The third kappa shape index (κ3) is 3.96. The normalized spacial score (nSPS) is 13.3. The van der Waals surface area contributed by atoms with Gasteiger partial charge in [-0.2, -0.15) is 0 Å². The zero-order valence-corrected chi connectivity index (χ0v) is 16.1. The van der Waals surface area contributed by atoms with Gasteiger partial charge in [0.1, 0.15) is 23.1 Å². The van der Waals surface area contributed by atoms with Gasteiger partial charge in [-0.25, -0.2) is 4.39 Å². The molecule has 2 N–H and O–H groups in total. The Kier molecular flexibility index (Phi) is 5.34. The van der Waals surface area contributed by atoms with Crippen LogP contribution in [0.3, 0.4) is 0 Å². The molecule has 0 unspecified atom stereocenters. The number of rotatable bonds is 4. The van der Waals surface area contributed by atoms with E-state index in [9.17, 15) is 14.0 Å². The van der Waals surface area contributed by atoms with Crippen molar-refractivity contribution in [3.63, 3.8) is 0 Å². The standard InChI is InChI=1S/C23H19FN2O4/c1-14(29-16-12-10-15(24)11-13-16)22(27)25-26-23(28)21-17-6-2-4-8-19(17)30-20-9-5-3-7-18(20)21/h2-14,21H,1H3,(H,25,27)(H,26,28)/t14-/m1/s1. The van der Waals surface area contributed by atoms with E-state index in [0.717, 1.165) is 0 Å². The van der Waals surface area contributed by atoms with E-state index in [2.05, 4.69) is 10.9 Å². The van der Waals surface area contributed by atoms with Crippen molar-refractivity contribution >= 4 is 11.8 Å². The van der Waals surface area contributed by atoms with Crippen molar-refractivity contribution in [2.45, 2.75) is 18.9 Å². The number of para-hydroxylation sites is 2. The molecular formula is C23H19FN2O4. The van der Waals surface area contributed by atoms with E-state index in [1.54, 1.807) is 12.1 Å². The number of carbonyl (C=O) groups is 2. The Labute approximate surface area is 172 Å². The van der Waals surface area contributed by atoms with Gasteiger partial charge in [0.2, 0.25) is 0 Å². The topological polar surface area (TPSA) is 76.7 Å². The summed E-state index contributed by atoms with van der Waals surface area (Å²) in [7, 11) is 0. The summed E-state index contributed by atoms with van der Waals surface area (Å²) >= 11 is 0. The third-order valence-corrected chi connectivity index (χ3v) is 4.75. The lowest BCUT2D eigenvalue weighted by Gasteiger charge is -2.27. The SMILES string of the molecule is C[C@@H](Oc1ccc(F)cc1)C(=O)NNC(=O)C1c2ccccc2Oc2ccccc21. The average molecular weight is 406 g/mol. The lowest BCUT2D eigenvalue weighted by molar-refractivity contribution is -0.133. The maximum Gasteiger partial charge on any atom is 0.279 e. The van der Waals surface area contributed by atoms with Crippen LogP contribution in [0.5, 0.6) is 17.2 Å². The van der Waals surface area contributed by atoms with Crippen LogP contribution in [-0.2, 0) is 9.59 Å². The van der Waals surface area contributed by atoms with Crippen molar-refractivity contribution in [1.29, 1.82) is 0 Å². The number of hydrazine groups is 1. The van der Waals surface area contributed by atoms with Crippen LogP contribution in [0.15, 0.2) is 72.8 Å². The van der Waals surface area contributed by atoms with Gasteiger partial charge in [-0.15, -0.1) is 0 Å². The number of hydrogen-bond acceptors (Lipinski definition) is 4. The molecule has 6 nitrogen and oxygen atoms in total. The van der Waals surface area contributed by atoms with Gasteiger partial charge in [0, 0.05) is 11.1 Å². The van der Waals surface area contributed by atoms with Gasteiger partial charge in [-0.05, 0) is 43.3 Å². The molecule has 1 aliphatic heterocycles. The van der Waals surface area contributed by atoms with Crippen LogP contribution >= 0.6 is 0 Å². The van der Waals surface area contributed by atoms with Crippen molar-refractivity contribution < 1.29 is 23.5 Å². The van der Waals surface area contributed by atoms with Crippen LogP contribution in [0.4, 0.5) is 4.39 Å². The summed E-state index contributed by atoms with van der Waals surface area (Å²) in [4.78, 5) is 25.3. The Morgan fingerprint density at radius 1 is 0.900 bits per heavy atom. The Bertz CT molecular complexity index is 1040. The fraction of sp³-hybridized carbons (Fsp3) is 0.130. The summed E-state index contributed by atoms with van der Waals surface area (Å²) in [5, 5.41) is 0. The first kappa shape index (κ1) is 19.4. The smallest absolute Gasteiger partial charge is 0.279 e. The number of carbonyl (C=O) groups excluding carboxylic acids is 2. The summed E-state index contributed by atoms with van der Waals surface area (Å²) in [5.41, 5.74) is 6.28. The second kappa shape index (κ2) is 8.24. The summed E-state index contributed by atoms with van der Waals surface area (Å²) in [5.74, 6) is -0.450. The molecule has 0 bridgehead atoms. The van der Waals surface area contributed by atoms with Gasteiger partial charge in [0.25, 0.3) is 11.8 Å². The van der Waals surface area contributed by atoms with Crippen molar-refractivity contribution in [2.24, 2.45) is 0 Å². The number of fused-ring (bicyclic) bond motifs is 2. The van der Waals surface area contributed by atoms with Crippen molar-refractivity contribution in [3.05, 3.63) is 89.7 Å². The fourth-order valence-corrected chi connectivity index (χ4v) is 3.26. The molecule has 0 aliphatic carbocycles. The predicted molar refractivity (Wildman–Crippen MR) is 108 cm³/mol. The highest BCUT2D eigenvalue weighted by molar-refractivity contribution is 5.91.